The average molecular weight is 879 g/mol. The predicted octanol–water partition coefficient (Wildman–Crippen LogP) is 16.5. The van der Waals surface area contributed by atoms with Crippen LogP contribution in [-0.2, 0) is 21.7 Å². The summed E-state index contributed by atoms with van der Waals surface area (Å²) in [6, 6.07) is 64.0. The van der Waals surface area contributed by atoms with Gasteiger partial charge < -0.3 is 14.5 Å². The van der Waals surface area contributed by atoms with Crippen molar-refractivity contribution in [3.8, 4) is 17.3 Å². The van der Waals surface area contributed by atoms with E-state index in [1.807, 2.05) is 6.20 Å². The van der Waals surface area contributed by atoms with Crippen molar-refractivity contribution in [1.29, 1.82) is 0 Å². The molecule has 0 saturated carbocycles. The zero-order chi connectivity index (χ0) is 46.9. The van der Waals surface area contributed by atoms with Gasteiger partial charge in [0.1, 0.15) is 24.0 Å². The number of aromatic nitrogens is 2. The maximum Gasteiger partial charge on any atom is 0.137 e. The van der Waals surface area contributed by atoms with E-state index in [-0.39, 0.29) is 21.7 Å². The fourth-order valence-corrected chi connectivity index (χ4v) is 9.83. The molecule has 5 heteroatoms. The van der Waals surface area contributed by atoms with Gasteiger partial charge in [-0.1, -0.05) is 160 Å². The van der Waals surface area contributed by atoms with E-state index in [0.717, 1.165) is 39.4 Å². The Labute approximate surface area is 397 Å². The molecule has 0 amide bonds. The molecule has 0 fully saturated rings. The van der Waals surface area contributed by atoms with Crippen LogP contribution in [0, 0.1) is 0 Å². The predicted molar refractivity (Wildman–Crippen MR) is 282 cm³/mol. The maximum absolute atomic E-state index is 6.90. The molecule has 0 radical (unpaired) electrons. The summed E-state index contributed by atoms with van der Waals surface area (Å²) in [6.07, 6.45) is 1.94. The standard InChI is InChI=1S/C62H62N4O/c1-59(2,3)44-23-17-24-48(35-44)64-41-65(57-37-47(28-32-55(57)64)62(9,10)43-21-15-12-16-22-43)49-25-18-26-50(39-49)67-51-29-30-52-53-36-46(61(7,8)42-19-13-11-14-20-42)27-31-54(53)66(56(52)40-51)58-38-45(33-34-63-58)60(4,5)6/h11-40H,41H2,1-10H3. The van der Waals surface area contributed by atoms with Crippen LogP contribution in [0.15, 0.2) is 182 Å². The summed E-state index contributed by atoms with van der Waals surface area (Å²) in [7, 11) is 0. The summed E-state index contributed by atoms with van der Waals surface area (Å²) in [5, 5.41) is 2.34. The molecule has 0 bridgehead atoms. The lowest BCUT2D eigenvalue weighted by atomic mass is 9.78. The molecule has 2 aromatic heterocycles. The van der Waals surface area contributed by atoms with E-state index in [0.29, 0.717) is 6.67 Å². The normalized spacial score (nSPS) is 13.4. The quantitative estimate of drug-likeness (QED) is 0.145. The van der Waals surface area contributed by atoms with Crippen LogP contribution < -0.4 is 14.5 Å². The Bertz CT molecular complexity index is 3280. The molecule has 0 unspecified atom stereocenters. The molecule has 10 rings (SSSR count). The molecule has 0 aliphatic carbocycles. The van der Waals surface area contributed by atoms with Gasteiger partial charge in [-0.05, 0) is 117 Å². The zero-order valence-electron chi connectivity index (χ0n) is 40.7. The lowest BCUT2D eigenvalue weighted by Crippen LogP contribution is -2.24. The molecule has 0 atom stereocenters. The van der Waals surface area contributed by atoms with Crippen molar-refractivity contribution in [3.05, 3.63) is 216 Å². The van der Waals surface area contributed by atoms with Gasteiger partial charge in [-0.15, -0.1) is 0 Å². The van der Waals surface area contributed by atoms with Crippen molar-refractivity contribution in [2.24, 2.45) is 0 Å². The second-order valence-electron chi connectivity index (χ2n) is 21.5. The second kappa shape index (κ2) is 16.3. The van der Waals surface area contributed by atoms with E-state index in [1.54, 1.807) is 0 Å². The average Bonchev–Trinajstić information content (AvgIpc) is 3.87. The topological polar surface area (TPSA) is 33.5 Å². The molecule has 0 saturated heterocycles. The number of hydrogen-bond acceptors (Lipinski definition) is 4. The molecule has 1 aliphatic heterocycles. The number of fused-ring (bicyclic) bond motifs is 4. The van der Waals surface area contributed by atoms with Gasteiger partial charge in [0.2, 0.25) is 0 Å². The summed E-state index contributed by atoms with van der Waals surface area (Å²) in [6.45, 7) is 23.5. The van der Waals surface area contributed by atoms with Crippen LogP contribution in [-0.4, -0.2) is 16.2 Å². The highest BCUT2D eigenvalue weighted by atomic mass is 16.5. The van der Waals surface area contributed by atoms with Crippen LogP contribution in [0.3, 0.4) is 0 Å². The molecule has 0 N–H and O–H groups in total. The Kier molecular flexibility index (Phi) is 10.7. The van der Waals surface area contributed by atoms with Crippen molar-refractivity contribution >= 4 is 44.6 Å². The minimum absolute atomic E-state index is 0.0278. The minimum Gasteiger partial charge on any atom is -0.457 e. The number of hydrogen-bond donors (Lipinski definition) is 0. The highest BCUT2D eigenvalue weighted by Gasteiger charge is 2.33. The van der Waals surface area contributed by atoms with Crippen LogP contribution in [0.2, 0.25) is 0 Å². The Morgan fingerprint density at radius 2 is 0.970 bits per heavy atom. The first-order chi connectivity index (χ1) is 32.0. The Morgan fingerprint density at radius 1 is 0.403 bits per heavy atom. The molecular weight excluding hydrogens is 817 g/mol. The highest BCUT2D eigenvalue weighted by molar-refractivity contribution is 6.10. The van der Waals surface area contributed by atoms with E-state index in [2.05, 4.69) is 260 Å². The molecule has 3 heterocycles. The van der Waals surface area contributed by atoms with Crippen molar-refractivity contribution in [2.75, 3.05) is 16.5 Å². The van der Waals surface area contributed by atoms with E-state index in [9.17, 15) is 0 Å². The summed E-state index contributed by atoms with van der Waals surface area (Å²) in [5.74, 6) is 2.43. The molecule has 1 aliphatic rings. The van der Waals surface area contributed by atoms with E-state index in [1.165, 1.54) is 55.8 Å². The number of nitrogens with zero attached hydrogens (tertiary/aromatic N) is 4. The first kappa shape index (κ1) is 43.8. The van der Waals surface area contributed by atoms with Crippen LogP contribution in [0.4, 0.5) is 22.7 Å². The van der Waals surface area contributed by atoms with Crippen molar-refractivity contribution in [2.45, 2.75) is 90.9 Å². The van der Waals surface area contributed by atoms with Gasteiger partial charge >= 0.3 is 0 Å². The van der Waals surface area contributed by atoms with Crippen molar-refractivity contribution < 1.29 is 4.74 Å². The number of anilines is 4. The molecule has 5 nitrogen and oxygen atoms in total. The number of ether oxygens (including phenoxy) is 1. The molecular formula is C62H62N4O. The van der Waals surface area contributed by atoms with Crippen LogP contribution in [0.1, 0.15) is 103 Å². The second-order valence-corrected chi connectivity index (χ2v) is 21.5. The fourth-order valence-electron chi connectivity index (χ4n) is 9.83. The smallest absolute Gasteiger partial charge is 0.137 e. The summed E-state index contributed by atoms with van der Waals surface area (Å²) in [5.41, 5.74) is 14.0. The first-order valence-corrected chi connectivity index (χ1v) is 23.7. The maximum atomic E-state index is 6.90. The largest absolute Gasteiger partial charge is 0.457 e. The number of pyridine rings is 1. The SMILES string of the molecule is CC(C)(C)c1cccc(N2CN(c3cccc(Oc4ccc5c6cc(C(C)(C)c7ccccc7)ccc6n(-c6cc(C(C)(C)C)ccn6)c5c4)c3)c3cc(C(C)(C)c4ccccc4)ccc32)c1. The molecule has 67 heavy (non-hydrogen) atoms. The Hall–Kier alpha value is -7.11. The van der Waals surface area contributed by atoms with Crippen LogP contribution >= 0.6 is 0 Å². The summed E-state index contributed by atoms with van der Waals surface area (Å²) >= 11 is 0. The minimum atomic E-state index is -0.198. The lowest BCUT2D eigenvalue weighted by Gasteiger charge is -2.28. The number of rotatable bonds is 9. The Morgan fingerprint density at radius 3 is 1.64 bits per heavy atom. The molecule has 9 aromatic rings. The fraction of sp³-hybridized carbons (Fsp3) is 0.242. The third-order valence-electron chi connectivity index (χ3n) is 14.2. The van der Waals surface area contributed by atoms with Gasteiger partial charge in [-0.2, -0.15) is 0 Å². The lowest BCUT2D eigenvalue weighted by molar-refractivity contribution is 0.483. The number of benzene rings is 7. The third-order valence-corrected chi connectivity index (χ3v) is 14.2. The van der Waals surface area contributed by atoms with Gasteiger partial charge in [0.05, 0.1) is 22.4 Å². The molecule has 336 valence electrons. The van der Waals surface area contributed by atoms with Gasteiger partial charge in [0.15, 0.2) is 0 Å². The van der Waals surface area contributed by atoms with Crippen LogP contribution in [0.5, 0.6) is 11.5 Å². The van der Waals surface area contributed by atoms with Gasteiger partial charge in [0.25, 0.3) is 0 Å². The molecule has 0 spiro atoms. The van der Waals surface area contributed by atoms with Gasteiger partial charge in [-0.25, -0.2) is 4.98 Å². The highest BCUT2D eigenvalue weighted by Crippen LogP contribution is 2.48. The monoisotopic (exact) mass is 878 g/mol. The van der Waals surface area contributed by atoms with Crippen molar-refractivity contribution in [3.63, 3.8) is 0 Å². The van der Waals surface area contributed by atoms with E-state index < -0.39 is 0 Å². The first-order valence-electron chi connectivity index (χ1n) is 23.7. The van der Waals surface area contributed by atoms with Crippen molar-refractivity contribution in [1.82, 2.24) is 9.55 Å². The summed E-state index contributed by atoms with van der Waals surface area (Å²) in [4.78, 5) is 9.87. The van der Waals surface area contributed by atoms with E-state index in [4.69, 9.17) is 9.72 Å². The van der Waals surface area contributed by atoms with Crippen LogP contribution in [0.25, 0.3) is 27.6 Å². The van der Waals surface area contributed by atoms with E-state index >= 15 is 0 Å². The molecule has 7 aromatic carbocycles. The summed E-state index contributed by atoms with van der Waals surface area (Å²) < 4.78 is 9.21. The Balaban J connectivity index is 1.06. The third kappa shape index (κ3) is 8.05. The zero-order valence-corrected chi connectivity index (χ0v) is 40.7. The van der Waals surface area contributed by atoms with Gasteiger partial charge in [-0.3, -0.25) is 4.57 Å². The van der Waals surface area contributed by atoms with Gasteiger partial charge in [0, 0.05) is 51.3 Å².